The number of ether oxygens (including phenoxy) is 1. The molecular formula is C12H17F3N2O3S. The van der Waals surface area contributed by atoms with Gasteiger partial charge in [-0.05, 0) is 24.6 Å². The van der Waals surface area contributed by atoms with E-state index in [1.807, 2.05) is 0 Å². The first-order chi connectivity index (χ1) is 9.77. The number of hydrogen-bond acceptors (Lipinski definition) is 4. The fourth-order valence-electron chi connectivity index (χ4n) is 1.61. The predicted molar refractivity (Wildman–Crippen MR) is 71.0 cm³/mol. The van der Waals surface area contributed by atoms with Crippen molar-refractivity contribution < 1.29 is 26.3 Å². The van der Waals surface area contributed by atoms with Crippen molar-refractivity contribution in [1.82, 2.24) is 4.72 Å². The summed E-state index contributed by atoms with van der Waals surface area (Å²) in [7, 11) is -3.87. The highest BCUT2D eigenvalue weighted by Crippen LogP contribution is 2.18. The Morgan fingerprint density at radius 3 is 2.62 bits per heavy atom. The van der Waals surface area contributed by atoms with Crippen LogP contribution in [0.2, 0.25) is 0 Å². The molecule has 1 aromatic carbocycles. The first-order valence-electron chi connectivity index (χ1n) is 6.12. The van der Waals surface area contributed by atoms with E-state index in [9.17, 15) is 21.6 Å². The van der Waals surface area contributed by atoms with Crippen LogP contribution < -0.4 is 10.5 Å². The third-order valence-corrected chi connectivity index (χ3v) is 4.06. The van der Waals surface area contributed by atoms with Crippen molar-refractivity contribution in [2.75, 3.05) is 19.8 Å². The predicted octanol–water partition coefficient (Wildman–Crippen LogP) is 1.15. The van der Waals surface area contributed by atoms with Gasteiger partial charge in [0.15, 0.2) is 0 Å². The average molecular weight is 326 g/mol. The molecule has 21 heavy (non-hydrogen) atoms. The lowest BCUT2D eigenvalue weighted by molar-refractivity contribution is 0.0199. The monoisotopic (exact) mass is 326 g/mol. The molecule has 0 fully saturated rings. The summed E-state index contributed by atoms with van der Waals surface area (Å²) in [6.45, 7) is 0.193. The van der Waals surface area contributed by atoms with Gasteiger partial charge in [0, 0.05) is 18.7 Å². The standard InChI is InChI=1S/C12H17F3N2O3S/c1-8-4-10(5-9(6-16)12(8)15)21(18,19)17-2-3-20-7-11(13)14/h4-5,11,17H,2-3,6-7,16H2,1H3. The molecule has 9 heteroatoms. The maximum Gasteiger partial charge on any atom is 0.261 e. The van der Waals surface area contributed by atoms with Gasteiger partial charge >= 0.3 is 0 Å². The van der Waals surface area contributed by atoms with Gasteiger partial charge in [-0.15, -0.1) is 0 Å². The molecule has 0 unspecified atom stereocenters. The van der Waals surface area contributed by atoms with Crippen molar-refractivity contribution in [3.8, 4) is 0 Å². The molecule has 0 spiro atoms. The summed E-state index contributed by atoms with van der Waals surface area (Å²) in [6, 6.07) is 2.32. The van der Waals surface area contributed by atoms with Crippen molar-refractivity contribution in [1.29, 1.82) is 0 Å². The molecule has 5 nitrogen and oxygen atoms in total. The van der Waals surface area contributed by atoms with E-state index in [4.69, 9.17) is 5.73 Å². The van der Waals surface area contributed by atoms with Crippen molar-refractivity contribution in [3.05, 3.63) is 29.1 Å². The van der Waals surface area contributed by atoms with E-state index in [2.05, 4.69) is 9.46 Å². The number of nitrogens with one attached hydrogen (secondary N) is 1. The van der Waals surface area contributed by atoms with Crippen LogP contribution in [0.1, 0.15) is 11.1 Å². The molecule has 0 aliphatic rings. The summed E-state index contributed by atoms with van der Waals surface area (Å²) in [5, 5.41) is 0. The number of nitrogens with two attached hydrogens (primary N) is 1. The lowest BCUT2D eigenvalue weighted by Gasteiger charge is -2.10. The Morgan fingerprint density at radius 2 is 2.05 bits per heavy atom. The normalized spacial score (nSPS) is 12.1. The van der Waals surface area contributed by atoms with Crippen molar-refractivity contribution in [2.24, 2.45) is 5.73 Å². The first-order valence-corrected chi connectivity index (χ1v) is 7.61. The molecule has 3 N–H and O–H groups in total. The van der Waals surface area contributed by atoms with Crippen LogP contribution in [-0.2, 0) is 21.3 Å². The summed E-state index contributed by atoms with van der Waals surface area (Å²) >= 11 is 0. The summed E-state index contributed by atoms with van der Waals surface area (Å²) in [5.41, 5.74) is 5.60. The van der Waals surface area contributed by atoms with E-state index in [-0.39, 0.29) is 35.7 Å². The molecule has 0 amide bonds. The lowest BCUT2D eigenvalue weighted by atomic mass is 10.1. The van der Waals surface area contributed by atoms with Crippen molar-refractivity contribution in [2.45, 2.75) is 24.8 Å². The Kier molecular flexibility index (Phi) is 6.59. The second-order valence-electron chi connectivity index (χ2n) is 4.28. The Labute approximate surface area is 121 Å². The molecule has 0 saturated heterocycles. The van der Waals surface area contributed by atoms with Crippen LogP contribution in [0, 0.1) is 12.7 Å². The third-order valence-electron chi connectivity index (χ3n) is 2.62. The third kappa shape index (κ3) is 5.27. The van der Waals surface area contributed by atoms with Gasteiger partial charge in [-0.3, -0.25) is 0 Å². The highest BCUT2D eigenvalue weighted by Gasteiger charge is 2.17. The molecule has 1 rings (SSSR count). The Bertz CT molecular complexity index is 579. The fourth-order valence-corrected chi connectivity index (χ4v) is 2.76. The highest BCUT2D eigenvalue weighted by atomic mass is 32.2. The molecular weight excluding hydrogens is 309 g/mol. The van der Waals surface area contributed by atoms with Gasteiger partial charge in [-0.25, -0.2) is 26.3 Å². The summed E-state index contributed by atoms with van der Waals surface area (Å²) in [6.07, 6.45) is -2.60. The van der Waals surface area contributed by atoms with E-state index in [1.54, 1.807) is 0 Å². The van der Waals surface area contributed by atoms with Crippen molar-refractivity contribution in [3.63, 3.8) is 0 Å². The average Bonchev–Trinajstić information content (AvgIpc) is 2.40. The molecule has 0 aliphatic heterocycles. The molecule has 0 aliphatic carbocycles. The molecule has 0 radical (unpaired) electrons. The molecule has 0 aromatic heterocycles. The number of benzene rings is 1. The van der Waals surface area contributed by atoms with E-state index in [0.29, 0.717) is 0 Å². The van der Waals surface area contributed by atoms with Gasteiger partial charge in [0.05, 0.1) is 11.5 Å². The van der Waals surface area contributed by atoms with Crippen LogP contribution in [0.25, 0.3) is 0 Å². The highest BCUT2D eigenvalue weighted by molar-refractivity contribution is 7.89. The fraction of sp³-hybridized carbons (Fsp3) is 0.500. The second kappa shape index (κ2) is 7.74. The quantitative estimate of drug-likeness (QED) is 0.702. The van der Waals surface area contributed by atoms with E-state index in [0.717, 1.165) is 6.07 Å². The Hall–Kier alpha value is -1.16. The molecule has 0 atom stereocenters. The molecule has 0 bridgehead atoms. The number of sulfonamides is 1. The number of halogens is 3. The van der Waals surface area contributed by atoms with Crippen LogP contribution in [0.3, 0.4) is 0 Å². The zero-order chi connectivity index (χ0) is 16.0. The molecule has 120 valence electrons. The minimum atomic E-state index is -3.87. The number of alkyl halides is 2. The van der Waals surface area contributed by atoms with E-state index < -0.39 is 28.9 Å². The SMILES string of the molecule is Cc1cc(S(=O)(=O)NCCOCC(F)F)cc(CN)c1F. The summed E-state index contributed by atoms with van der Waals surface area (Å²) < 4.78 is 68.0. The summed E-state index contributed by atoms with van der Waals surface area (Å²) in [5.74, 6) is -0.545. The van der Waals surface area contributed by atoms with E-state index in [1.165, 1.54) is 13.0 Å². The van der Waals surface area contributed by atoms with Gasteiger partial charge in [-0.1, -0.05) is 0 Å². The number of rotatable bonds is 8. The Balaban J connectivity index is 2.72. The van der Waals surface area contributed by atoms with Crippen LogP contribution in [0.4, 0.5) is 13.2 Å². The largest absolute Gasteiger partial charge is 0.374 e. The van der Waals surface area contributed by atoms with Crippen LogP contribution in [0.15, 0.2) is 17.0 Å². The minimum Gasteiger partial charge on any atom is -0.374 e. The van der Waals surface area contributed by atoms with E-state index >= 15 is 0 Å². The lowest BCUT2D eigenvalue weighted by Crippen LogP contribution is -2.28. The van der Waals surface area contributed by atoms with Crippen LogP contribution in [0.5, 0.6) is 0 Å². The smallest absolute Gasteiger partial charge is 0.261 e. The van der Waals surface area contributed by atoms with Gasteiger partial charge in [0.1, 0.15) is 12.4 Å². The zero-order valence-corrected chi connectivity index (χ0v) is 12.2. The number of aryl methyl sites for hydroxylation is 1. The van der Waals surface area contributed by atoms with Crippen LogP contribution in [-0.4, -0.2) is 34.6 Å². The topological polar surface area (TPSA) is 81.4 Å². The number of hydrogen-bond donors (Lipinski definition) is 2. The van der Waals surface area contributed by atoms with Gasteiger partial charge in [0.25, 0.3) is 6.43 Å². The maximum absolute atomic E-state index is 13.6. The Morgan fingerprint density at radius 1 is 1.38 bits per heavy atom. The van der Waals surface area contributed by atoms with Gasteiger partial charge in [0.2, 0.25) is 10.0 Å². The van der Waals surface area contributed by atoms with Gasteiger partial charge < -0.3 is 10.5 Å². The minimum absolute atomic E-state index is 0.0873. The molecule has 1 aromatic rings. The zero-order valence-electron chi connectivity index (χ0n) is 11.4. The first kappa shape index (κ1) is 17.9. The van der Waals surface area contributed by atoms with Gasteiger partial charge in [-0.2, -0.15) is 0 Å². The van der Waals surface area contributed by atoms with Crippen LogP contribution >= 0.6 is 0 Å². The molecule has 0 saturated carbocycles. The maximum atomic E-state index is 13.6. The summed E-state index contributed by atoms with van der Waals surface area (Å²) in [4.78, 5) is -0.129. The molecule has 0 heterocycles. The second-order valence-corrected chi connectivity index (χ2v) is 6.05. The van der Waals surface area contributed by atoms with Crippen molar-refractivity contribution >= 4 is 10.0 Å².